The third-order valence-corrected chi connectivity index (χ3v) is 2.05. The Labute approximate surface area is 81.9 Å². The number of hydrogen-bond acceptors (Lipinski definition) is 2. The van der Waals surface area contributed by atoms with Crippen molar-refractivity contribution in [3.8, 4) is 0 Å². The predicted octanol–water partition coefficient (Wildman–Crippen LogP) is 1.29. The lowest BCUT2D eigenvalue weighted by Crippen LogP contribution is -2.20. The van der Waals surface area contributed by atoms with Crippen molar-refractivity contribution in [3.63, 3.8) is 0 Å². The highest BCUT2D eigenvalue weighted by Gasteiger charge is 2.11. The normalized spacial score (nSPS) is 12.6. The van der Waals surface area contributed by atoms with Gasteiger partial charge in [-0.3, -0.25) is 9.48 Å². The fourth-order valence-electron chi connectivity index (χ4n) is 0.854. The monoisotopic (exact) mass is 201 g/mol. The van der Waals surface area contributed by atoms with E-state index in [1.807, 2.05) is 14.0 Å². The Hall–Kier alpha value is -1.03. The van der Waals surface area contributed by atoms with Crippen molar-refractivity contribution >= 4 is 23.2 Å². The molecule has 0 fully saturated rings. The van der Waals surface area contributed by atoms with E-state index in [4.69, 9.17) is 11.6 Å². The number of aromatic nitrogens is 2. The highest BCUT2D eigenvalue weighted by Crippen LogP contribution is 2.12. The molecule has 1 rings (SSSR count). The molecular formula is C8H12ClN3O. The van der Waals surface area contributed by atoms with Crippen LogP contribution in [0.1, 0.15) is 12.6 Å². The fraction of sp³-hybridized carbons (Fsp3) is 0.500. The summed E-state index contributed by atoms with van der Waals surface area (Å²) in [5.41, 5.74) is 1.62. The molecule has 0 bridgehead atoms. The van der Waals surface area contributed by atoms with Crippen LogP contribution in [-0.4, -0.2) is 21.1 Å². The van der Waals surface area contributed by atoms with Gasteiger partial charge in [0, 0.05) is 7.05 Å². The largest absolute Gasteiger partial charge is 0.322 e. The van der Waals surface area contributed by atoms with Gasteiger partial charge in [0.05, 0.1) is 17.6 Å². The molecule has 1 unspecified atom stereocenters. The Morgan fingerprint density at radius 2 is 2.38 bits per heavy atom. The summed E-state index contributed by atoms with van der Waals surface area (Å²) in [6, 6.07) is 0. The Balaban J connectivity index is 2.75. The van der Waals surface area contributed by atoms with E-state index < -0.39 is 5.38 Å². The number of aryl methyl sites for hydroxylation is 1. The molecule has 72 valence electrons. The number of nitrogens with one attached hydrogen (secondary N) is 1. The summed E-state index contributed by atoms with van der Waals surface area (Å²) in [6.45, 7) is 3.50. The molecule has 0 aliphatic heterocycles. The topological polar surface area (TPSA) is 46.9 Å². The van der Waals surface area contributed by atoms with Crippen molar-refractivity contribution in [2.45, 2.75) is 19.2 Å². The molecule has 0 aliphatic carbocycles. The molecular weight excluding hydrogens is 190 g/mol. The number of alkyl halides is 1. The Morgan fingerprint density at radius 3 is 2.77 bits per heavy atom. The Kier molecular flexibility index (Phi) is 2.93. The van der Waals surface area contributed by atoms with Crippen LogP contribution >= 0.6 is 11.6 Å². The average molecular weight is 202 g/mol. The van der Waals surface area contributed by atoms with Gasteiger partial charge in [0.15, 0.2) is 0 Å². The van der Waals surface area contributed by atoms with Crippen LogP contribution in [-0.2, 0) is 11.8 Å². The second kappa shape index (κ2) is 3.79. The summed E-state index contributed by atoms with van der Waals surface area (Å²) in [5.74, 6) is -0.210. The number of nitrogens with zero attached hydrogens (tertiary/aromatic N) is 2. The van der Waals surface area contributed by atoms with Crippen molar-refractivity contribution in [1.29, 1.82) is 0 Å². The van der Waals surface area contributed by atoms with Gasteiger partial charge in [-0.1, -0.05) is 0 Å². The van der Waals surface area contributed by atoms with E-state index in [9.17, 15) is 4.79 Å². The summed E-state index contributed by atoms with van der Waals surface area (Å²) in [7, 11) is 1.81. The highest BCUT2D eigenvalue weighted by atomic mass is 35.5. The van der Waals surface area contributed by atoms with E-state index in [2.05, 4.69) is 10.4 Å². The molecule has 13 heavy (non-hydrogen) atoms. The first-order valence-corrected chi connectivity index (χ1v) is 4.39. The third-order valence-electron chi connectivity index (χ3n) is 1.85. The molecule has 0 aliphatic rings. The minimum absolute atomic E-state index is 0.210. The van der Waals surface area contributed by atoms with Crippen LogP contribution in [0.25, 0.3) is 0 Å². The quantitative estimate of drug-likeness (QED) is 0.734. The molecule has 0 radical (unpaired) electrons. The van der Waals surface area contributed by atoms with Gasteiger partial charge in [-0.2, -0.15) is 5.10 Å². The zero-order valence-corrected chi connectivity index (χ0v) is 8.59. The molecule has 5 heteroatoms. The third kappa shape index (κ3) is 2.21. The first-order valence-electron chi connectivity index (χ1n) is 3.96. The van der Waals surface area contributed by atoms with E-state index in [0.717, 1.165) is 5.69 Å². The number of halogens is 1. The van der Waals surface area contributed by atoms with Gasteiger partial charge in [0.2, 0.25) is 5.91 Å². The average Bonchev–Trinajstić information content (AvgIpc) is 2.36. The van der Waals surface area contributed by atoms with Crippen LogP contribution in [0.4, 0.5) is 5.69 Å². The van der Waals surface area contributed by atoms with E-state index in [1.165, 1.54) is 0 Å². The molecule has 1 amide bonds. The summed E-state index contributed by atoms with van der Waals surface area (Å²) in [5, 5.41) is 6.14. The molecule has 4 nitrogen and oxygen atoms in total. The number of amides is 1. The Bertz CT molecular complexity index is 319. The van der Waals surface area contributed by atoms with E-state index in [1.54, 1.807) is 17.8 Å². The zero-order chi connectivity index (χ0) is 10.0. The SMILES string of the molecule is Cc1c(NC(=O)C(C)Cl)cnn1C. The first-order chi connectivity index (χ1) is 6.02. The van der Waals surface area contributed by atoms with E-state index in [0.29, 0.717) is 5.69 Å². The van der Waals surface area contributed by atoms with Gasteiger partial charge >= 0.3 is 0 Å². The second-order valence-electron chi connectivity index (χ2n) is 2.87. The minimum atomic E-state index is -0.528. The smallest absolute Gasteiger partial charge is 0.242 e. The molecule has 0 spiro atoms. The molecule has 1 aromatic heterocycles. The van der Waals surface area contributed by atoms with Crippen molar-refractivity contribution < 1.29 is 4.79 Å². The van der Waals surface area contributed by atoms with Crippen molar-refractivity contribution in [2.75, 3.05) is 5.32 Å². The fourth-order valence-corrected chi connectivity index (χ4v) is 0.908. The van der Waals surface area contributed by atoms with Crippen LogP contribution in [0, 0.1) is 6.92 Å². The van der Waals surface area contributed by atoms with E-state index in [-0.39, 0.29) is 5.91 Å². The van der Waals surface area contributed by atoms with Gasteiger partial charge in [0.1, 0.15) is 5.38 Å². The van der Waals surface area contributed by atoms with Crippen LogP contribution in [0.15, 0.2) is 6.20 Å². The number of anilines is 1. The lowest BCUT2D eigenvalue weighted by molar-refractivity contribution is -0.115. The summed E-state index contributed by atoms with van der Waals surface area (Å²) >= 11 is 5.60. The molecule has 1 heterocycles. The van der Waals surface area contributed by atoms with Crippen LogP contribution in [0.2, 0.25) is 0 Å². The minimum Gasteiger partial charge on any atom is -0.322 e. The van der Waals surface area contributed by atoms with Gasteiger partial charge in [-0.15, -0.1) is 11.6 Å². The molecule has 1 atom stereocenters. The molecule has 0 aromatic carbocycles. The highest BCUT2D eigenvalue weighted by molar-refractivity contribution is 6.32. The van der Waals surface area contributed by atoms with Gasteiger partial charge < -0.3 is 5.32 Å². The summed E-state index contributed by atoms with van der Waals surface area (Å²) in [4.78, 5) is 11.2. The molecule has 1 aromatic rings. The standard InChI is InChI=1S/C8H12ClN3O/c1-5(9)8(13)11-7-4-10-12(3)6(7)2/h4-5H,1-3H3,(H,11,13). The van der Waals surface area contributed by atoms with Crippen LogP contribution in [0.5, 0.6) is 0 Å². The number of hydrogen-bond donors (Lipinski definition) is 1. The molecule has 0 saturated carbocycles. The summed E-state index contributed by atoms with van der Waals surface area (Å²) in [6.07, 6.45) is 1.60. The Morgan fingerprint density at radius 1 is 1.77 bits per heavy atom. The van der Waals surface area contributed by atoms with Crippen molar-refractivity contribution in [3.05, 3.63) is 11.9 Å². The van der Waals surface area contributed by atoms with Crippen molar-refractivity contribution in [1.82, 2.24) is 9.78 Å². The number of carbonyl (C=O) groups excluding carboxylic acids is 1. The maximum absolute atomic E-state index is 11.2. The maximum Gasteiger partial charge on any atom is 0.242 e. The zero-order valence-electron chi connectivity index (χ0n) is 7.84. The van der Waals surface area contributed by atoms with E-state index >= 15 is 0 Å². The van der Waals surface area contributed by atoms with Crippen molar-refractivity contribution in [2.24, 2.45) is 7.05 Å². The molecule has 0 saturated heterocycles. The first kappa shape index (κ1) is 10.1. The second-order valence-corrected chi connectivity index (χ2v) is 3.53. The predicted molar refractivity (Wildman–Crippen MR) is 51.9 cm³/mol. The molecule has 1 N–H and O–H groups in total. The number of carbonyl (C=O) groups is 1. The lowest BCUT2D eigenvalue weighted by Gasteiger charge is -2.04. The number of rotatable bonds is 2. The van der Waals surface area contributed by atoms with Crippen LogP contribution in [0.3, 0.4) is 0 Å². The van der Waals surface area contributed by atoms with Gasteiger partial charge in [-0.05, 0) is 13.8 Å². The summed E-state index contributed by atoms with van der Waals surface area (Å²) < 4.78 is 1.69. The van der Waals surface area contributed by atoms with Crippen LogP contribution < -0.4 is 5.32 Å². The van der Waals surface area contributed by atoms with Gasteiger partial charge in [0.25, 0.3) is 0 Å². The maximum atomic E-state index is 11.2. The van der Waals surface area contributed by atoms with Gasteiger partial charge in [-0.25, -0.2) is 0 Å². The lowest BCUT2D eigenvalue weighted by atomic mass is 10.3.